The Morgan fingerprint density at radius 3 is 2.19 bits per heavy atom. The lowest BCUT2D eigenvalue weighted by molar-refractivity contribution is -0.130. The molecule has 3 N–H and O–H groups in total. The molecule has 118 valence electrons. The number of hydrogen-bond donors (Lipinski definition) is 2. The summed E-state index contributed by atoms with van der Waals surface area (Å²) in [4.78, 5) is 12.3. The molecule has 1 rings (SSSR count). The van der Waals surface area contributed by atoms with Gasteiger partial charge >= 0.3 is 0 Å². The zero-order valence-corrected chi connectivity index (χ0v) is 13.4. The average Bonchev–Trinajstić information content (AvgIpc) is 2.36. The second-order valence-corrected chi connectivity index (χ2v) is 7.87. The number of primary sulfonamides is 1. The Hall–Kier alpha value is -1.49. The number of likely N-dealkylation sites (N-methyl/N-ethyl adjacent to an activating group) is 1. The summed E-state index contributed by atoms with van der Waals surface area (Å²) in [5, 5.41) is 4.95. The number of hydrogen-bond acceptors (Lipinski definition) is 5. The fourth-order valence-electron chi connectivity index (χ4n) is 1.56. The van der Waals surface area contributed by atoms with Crippen LogP contribution in [-0.2, 0) is 24.8 Å². The van der Waals surface area contributed by atoms with E-state index in [1.165, 1.54) is 44.1 Å². The molecular formula is C11H17N3O5S2. The van der Waals surface area contributed by atoms with E-state index in [0.29, 0.717) is 0 Å². The van der Waals surface area contributed by atoms with Gasteiger partial charge < -0.3 is 4.90 Å². The van der Waals surface area contributed by atoms with Crippen LogP contribution in [0.15, 0.2) is 34.1 Å². The van der Waals surface area contributed by atoms with E-state index in [1.807, 2.05) is 0 Å². The van der Waals surface area contributed by atoms with Gasteiger partial charge in [0.2, 0.25) is 26.0 Å². The van der Waals surface area contributed by atoms with Crippen molar-refractivity contribution in [3.63, 3.8) is 0 Å². The van der Waals surface area contributed by atoms with Crippen LogP contribution in [0.5, 0.6) is 0 Å². The lowest BCUT2D eigenvalue weighted by atomic mass is 10.3. The number of benzene rings is 1. The molecule has 1 aromatic rings. The van der Waals surface area contributed by atoms with Crippen molar-refractivity contribution in [3.8, 4) is 0 Å². The second kappa shape index (κ2) is 6.10. The summed E-state index contributed by atoms with van der Waals surface area (Å²) in [7, 11) is -5.06. The van der Waals surface area contributed by atoms with Gasteiger partial charge in [-0.05, 0) is 25.1 Å². The molecule has 0 aliphatic carbocycles. The molecule has 21 heavy (non-hydrogen) atoms. The molecule has 1 unspecified atom stereocenters. The standard InChI is InChI=1S/C11H17N3O5S2/c1-8(11(15)14(2)3)13-21(18,19)10-6-4-5-9(7-10)20(12,16)17/h4-8,13H,1-3H3,(H2,12,16,17). The third-order valence-electron chi connectivity index (χ3n) is 2.59. The molecule has 8 nitrogen and oxygen atoms in total. The first-order chi connectivity index (χ1) is 9.45. The van der Waals surface area contributed by atoms with Crippen molar-refractivity contribution in [2.75, 3.05) is 14.1 Å². The zero-order chi connectivity index (χ0) is 16.4. The van der Waals surface area contributed by atoms with Gasteiger partial charge in [0.05, 0.1) is 15.8 Å². The van der Waals surface area contributed by atoms with Crippen LogP contribution < -0.4 is 9.86 Å². The molecule has 1 aromatic carbocycles. The number of carbonyl (C=O) groups excluding carboxylic acids is 1. The summed E-state index contributed by atoms with van der Waals surface area (Å²) in [6.07, 6.45) is 0. The first-order valence-corrected chi connectivity index (χ1v) is 8.84. The zero-order valence-electron chi connectivity index (χ0n) is 11.8. The minimum absolute atomic E-state index is 0.285. The SMILES string of the molecule is CC(NS(=O)(=O)c1cccc(S(N)(=O)=O)c1)C(=O)N(C)C. The maximum absolute atomic E-state index is 12.1. The highest BCUT2D eigenvalue weighted by atomic mass is 32.2. The molecule has 0 spiro atoms. The van der Waals surface area contributed by atoms with Crippen LogP contribution in [0.1, 0.15) is 6.92 Å². The van der Waals surface area contributed by atoms with Crippen molar-refractivity contribution in [2.45, 2.75) is 22.8 Å². The van der Waals surface area contributed by atoms with E-state index in [1.54, 1.807) is 0 Å². The van der Waals surface area contributed by atoms with Gasteiger partial charge in [0.25, 0.3) is 0 Å². The summed E-state index contributed by atoms with van der Waals surface area (Å²) in [5.74, 6) is -0.429. The van der Waals surface area contributed by atoms with Gasteiger partial charge in [-0.15, -0.1) is 0 Å². The Labute approximate surface area is 124 Å². The van der Waals surface area contributed by atoms with E-state index in [9.17, 15) is 21.6 Å². The van der Waals surface area contributed by atoms with Gasteiger partial charge in [0.1, 0.15) is 0 Å². The Bertz CT molecular complexity index is 741. The fourth-order valence-corrected chi connectivity index (χ4v) is 3.43. The van der Waals surface area contributed by atoms with Gasteiger partial charge in [-0.25, -0.2) is 22.0 Å². The molecule has 0 saturated heterocycles. The monoisotopic (exact) mass is 335 g/mol. The van der Waals surface area contributed by atoms with E-state index in [0.717, 1.165) is 6.07 Å². The quantitative estimate of drug-likeness (QED) is 0.720. The maximum atomic E-state index is 12.1. The van der Waals surface area contributed by atoms with Crippen LogP contribution in [0.3, 0.4) is 0 Å². The van der Waals surface area contributed by atoms with Gasteiger partial charge in [0, 0.05) is 14.1 Å². The summed E-state index contributed by atoms with van der Waals surface area (Å²) < 4.78 is 48.9. The van der Waals surface area contributed by atoms with E-state index in [4.69, 9.17) is 5.14 Å². The molecule has 0 bridgehead atoms. The van der Waals surface area contributed by atoms with E-state index < -0.39 is 32.0 Å². The van der Waals surface area contributed by atoms with Gasteiger partial charge in [-0.3, -0.25) is 4.79 Å². The summed E-state index contributed by atoms with van der Waals surface area (Å²) in [5.41, 5.74) is 0. The normalized spacial score (nSPS) is 13.7. The number of amides is 1. The molecule has 0 fully saturated rings. The fraction of sp³-hybridized carbons (Fsp3) is 0.364. The molecule has 0 saturated carbocycles. The minimum atomic E-state index is -4.04. The van der Waals surface area contributed by atoms with Crippen LogP contribution in [0.2, 0.25) is 0 Å². The van der Waals surface area contributed by atoms with Gasteiger partial charge in [-0.2, -0.15) is 4.72 Å². The number of nitrogens with one attached hydrogen (secondary N) is 1. The highest BCUT2D eigenvalue weighted by molar-refractivity contribution is 7.90. The predicted molar refractivity (Wildman–Crippen MR) is 76.3 cm³/mol. The topological polar surface area (TPSA) is 127 Å². The van der Waals surface area contributed by atoms with Crippen LogP contribution in [0.25, 0.3) is 0 Å². The molecule has 0 aliphatic heterocycles. The predicted octanol–water partition coefficient (Wildman–Crippen LogP) is -0.911. The van der Waals surface area contributed by atoms with Crippen LogP contribution in [0, 0.1) is 0 Å². The van der Waals surface area contributed by atoms with Crippen LogP contribution in [-0.4, -0.2) is 47.8 Å². The second-order valence-electron chi connectivity index (χ2n) is 4.60. The number of nitrogens with zero attached hydrogens (tertiary/aromatic N) is 1. The Kier molecular flexibility index (Phi) is 5.10. The van der Waals surface area contributed by atoms with Gasteiger partial charge in [0.15, 0.2) is 0 Å². The van der Waals surface area contributed by atoms with Crippen molar-refractivity contribution < 1.29 is 21.6 Å². The third kappa shape index (κ3) is 4.49. The highest BCUT2D eigenvalue weighted by Crippen LogP contribution is 2.15. The third-order valence-corrected chi connectivity index (χ3v) is 5.04. The Balaban J connectivity index is 3.12. The first-order valence-electron chi connectivity index (χ1n) is 5.81. The molecule has 0 aliphatic rings. The number of nitrogens with two attached hydrogens (primary N) is 1. The highest BCUT2D eigenvalue weighted by Gasteiger charge is 2.24. The maximum Gasteiger partial charge on any atom is 0.241 e. The van der Waals surface area contributed by atoms with Gasteiger partial charge in [-0.1, -0.05) is 6.07 Å². The number of rotatable bonds is 5. The van der Waals surface area contributed by atoms with Crippen molar-refractivity contribution in [3.05, 3.63) is 24.3 Å². The minimum Gasteiger partial charge on any atom is -0.347 e. The van der Waals surface area contributed by atoms with Crippen LogP contribution >= 0.6 is 0 Å². The largest absolute Gasteiger partial charge is 0.347 e. The summed E-state index contributed by atoms with van der Waals surface area (Å²) in [6, 6.07) is 3.60. The summed E-state index contributed by atoms with van der Waals surface area (Å²) >= 11 is 0. The van der Waals surface area contributed by atoms with E-state index in [-0.39, 0.29) is 9.79 Å². The molecule has 0 aromatic heterocycles. The van der Waals surface area contributed by atoms with E-state index in [2.05, 4.69) is 4.72 Å². The van der Waals surface area contributed by atoms with Crippen molar-refractivity contribution >= 4 is 26.0 Å². The molecule has 1 atom stereocenters. The van der Waals surface area contributed by atoms with Crippen molar-refractivity contribution in [1.82, 2.24) is 9.62 Å². The molecule has 0 heterocycles. The molecule has 10 heteroatoms. The smallest absolute Gasteiger partial charge is 0.241 e. The molecule has 0 radical (unpaired) electrons. The Morgan fingerprint density at radius 2 is 1.71 bits per heavy atom. The molecule has 1 amide bonds. The average molecular weight is 335 g/mol. The lowest BCUT2D eigenvalue weighted by Gasteiger charge is -2.18. The summed E-state index contributed by atoms with van der Waals surface area (Å²) in [6.45, 7) is 1.39. The Morgan fingerprint density at radius 1 is 1.19 bits per heavy atom. The van der Waals surface area contributed by atoms with Crippen LogP contribution in [0.4, 0.5) is 0 Å². The molecular weight excluding hydrogens is 318 g/mol. The first kappa shape index (κ1) is 17.6. The lowest BCUT2D eigenvalue weighted by Crippen LogP contribution is -2.44. The van der Waals surface area contributed by atoms with Crippen molar-refractivity contribution in [1.29, 1.82) is 0 Å². The van der Waals surface area contributed by atoms with E-state index >= 15 is 0 Å². The number of sulfonamides is 2. The number of carbonyl (C=O) groups is 1. The van der Waals surface area contributed by atoms with Crippen molar-refractivity contribution in [2.24, 2.45) is 5.14 Å².